The number of nitrogens with zero attached hydrogens (tertiary/aromatic N) is 1. The van der Waals surface area contributed by atoms with Crippen LogP contribution in [0.3, 0.4) is 0 Å². The van der Waals surface area contributed by atoms with Gasteiger partial charge in [0.05, 0.1) is 0 Å². The number of carbonyl (C=O) groups is 2. The van der Waals surface area contributed by atoms with E-state index in [1.165, 1.54) is 5.56 Å². The summed E-state index contributed by atoms with van der Waals surface area (Å²) in [6.45, 7) is 4.92. The largest absolute Gasteiger partial charge is 3.00 e. The molecule has 0 aliphatic carbocycles. The molecule has 2 rings (SSSR count). The fourth-order valence-corrected chi connectivity index (χ4v) is 2.16. The van der Waals surface area contributed by atoms with Gasteiger partial charge in [0.1, 0.15) is 0 Å². The normalized spacial score (nSPS) is 12.3. The number of hydrogen-bond acceptors (Lipinski definition) is 2. The van der Waals surface area contributed by atoms with Gasteiger partial charge in [-0.05, 0) is 18.1 Å². The molecule has 1 heterocycles. The maximum Gasteiger partial charge on any atom is 3.00 e. The van der Waals surface area contributed by atoms with Crippen LogP contribution >= 0.6 is 0 Å². The minimum Gasteiger partial charge on any atom is -0.386 e. The Balaban J connectivity index is 0.00000200. The molecule has 2 N–H and O–H groups in total. The molecular formula is C14H18N3O2Y+2. The van der Waals surface area contributed by atoms with Gasteiger partial charge in [-0.25, -0.2) is 4.79 Å². The van der Waals surface area contributed by atoms with Gasteiger partial charge in [-0.1, -0.05) is 18.2 Å². The van der Waals surface area contributed by atoms with Crippen molar-refractivity contribution in [3.05, 3.63) is 36.8 Å². The first-order chi connectivity index (χ1) is 9.22. The molecule has 0 atom stereocenters. The Labute approximate surface area is 144 Å². The van der Waals surface area contributed by atoms with Gasteiger partial charge in [0.15, 0.2) is 0 Å². The van der Waals surface area contributed by atoms with E-state index in [9.17, 15) is 9.59 Å². The van der Waals surface area contributed by atoms with Crippen molar-refractivity contribution in [3.63, 3.8) is 0 Å². The van der Waals surface area contributed by atoms with Gasteiger partial charge in [-0.15, -0.1) is 6.54 Å². The molecule has 6 heteroatoms. The Bertz CT molecular complexity index is 479. The van der Waals surface area contributed by atoms with Crippen LogP contribution in [-0.4, -0.2) is 31.6 Å². The van der Waals surface area contributed by atoms with Crippen LogP contribution in [0, 0.1) is 6.92 Å². The number of rotatable bonds is 4. The van der Waals surface area contributed by atoms with Crippen molar-refractivity contribution in [1.82, 2.24) is 10.6 Å². The third kappa shape index (κ3) is 4.28. The summed E-state index contributed by atoms with van der Waals surface area (Å²) >= 11 is 0. The number of para-hydroxylation sites is 1. The first kappa shape index (κ1) is 17.1. The second-order valence-electron chi connectivity index (χ2n) is 4.36. The average Bonchev–Trinajstić information content (AvgIpc) is 2.82. The Morgan fingerprint density at radius 1 is 1.25 bits per heavy atom. The van der Waals surface area contributed by atoms with Crippen LogP contribution in [0.1, 0.15) is 12.0 Å². The maximum absolute atomic E-state index is 12.0. The number of carbonyl (C=O) groups excluding carboxylic acids is 2. The van der Waals surface area contributed by atoms with Crippen LogP contribution in [0.25, 0.3) is 0 Å². The van der Waals surface area contributed by atoms with Crippen LogP contribution in [-0.2, 0) is 43.9 Å². The first-order valence-corrected chi connectivity index (χ1v) is 6.41. The number of amides is 3. The maximum atomic E-state index is 12.0. The first-order valence-electron chi connectivity index (χ1n) is 6.41. The number of fused-ring (bicyclic) bond motifs is 1. The summed E-state index contributed by atoms with van der Waals surface area (Å²) in [5.74, 6) is -0.0999. The third-order valence-corrected chi connectivity index (χ3v) is 3.08. The standard InChI is InChI=1S/C14H18N3O2.Y/c1-2-15-13(18)7-9-16-14(19)17-10-8-11-5-3-4-6-12(11)17;/h3-6H,1-2,7-10H2,(H,15,18)(H,16,19);/q-1;+3. The molecule has 102 valence electrons. The quantitative estimate of drug-likeness (QED) is 0.800. The van der Waals surface area contributed by atoms with Gasteiger partial charge in [-0.2, -0.15) is 0 Å². The molecule has 0 saturated carbocycles. The fraction of sp³-hybridized carbons (Fsp3) is 0.357. The molecule has 20 heavy (non-hydrogen) atoms. The summed E-state index contributed by atoms with van der Waals surface area (Å²) in [7, 11) is 0. The molecule has 1 aromatic carbocycles. The molecule has 0 bridgehead atoms. The van der Waals surface area contributed by atoms with Gasteiger partial charge in [-0.3, -0.25) is 9.69 Å². The number of anilines is 1. The Kier molecular flexibility index (Phi) is 7.17. The number of urea groups is 1. The molecule has 1 aliphatic heterocycles. The van der Waals surface area contributed by atoms with E-state index < -0.39 is 0 Å². The van der Waals surface area contributed by atoms with Crippen molar-refractivity contribution in [1.29, 1.82) is 0 Å². The van der Waals surface area contributed by atoms with Gasteiger partial charge >= 0.3 is 38.7 Å². The van der Waals surface area contributed by atoms with Crippen LogP contribution in [0.15, 0.2) is 24.3 Å². The van der Waals surface area contributed by atoms with Crippen LogP contribution in [0.4, 0.5) is 10.5 Å². The van der Waals surface area contributed by atoms with E-state index in [4.69, 9.17) is 0 Å². The molecule has 3 amide bonds. The molecule has 0 radical (unpaired) electrons. The Morgan fingerprint density at radius 2 is 2.00 bits per heavy atom. The molecule has 0 saturated heterocycles. The van der Waals surface area contributed by atoms with E-state index in [1.807, 2.05) is 24.3 Å². The zero-order chi connectivity index (χ0) is 13.7. The van der Waals surface area contributed by atoms with Crippen molar-refractivity contribution in [3.8, 4) is 0 Å². The minimum absolute atomic E-state index is 0. The predicted octanol–water partition coefficient (Wildman–Crippen LogP) is 1.10. The van der Waals surface area contributed by atoms with Gasteiger partial charge in [0.2, 0.25) is 5.91 Å². The van der Waals surface area contributed by atoms with E-state index in [0.717, 1.165) is 12.1 Å². The topological polar surface area (TPSA) is 61.4 Å². The van der Waals surface area contributed by atoms with Crippen molar-refractivity contribution in [2.45, 2.75) is 12.8 Å². The van der Waals surface area contributed by atoms with E-state index >= 15 is 0 Å². The van der Waals surface area contributed by atoms with Crippen LogP contribution < -0.4 is 15.5 Å². The van der Waals surface area contributed by atoms with E-state index in [2.05, 4.69) is 17.6 Å². The molecule has 0 spiro atoms. The third-order valence-electron chi connectivity index (χ3n) is 3.08. The van der Waals surface area contributed by atoms with Gasteiger partial charge in [0, 0.05) is 25.2 Å². The van der Waals surface area contributed by atoms with Crippen LogP contribution in [0.5, 0.6) is 0 Å². The summed E-state index contributed by atoms with van der Waals surface area (Å²) in [4.78, 5) is 25.0. The molecule has 0 aromatic heterocycles. The number of hydrogen-bond donors (Lipinski definition) is 2. The zero-order valence-corrected chi connectivity index (χ0v) is 14.2. The minimum atomic E-state index is -0.146. The van der Waals surface area contributed by atoms with Crippen molar-refractivity contribution >= 4 is 17.6 Å². The summed E-state index contributed by atoms with van der Waals surface area (Å²) in [6, 6.07) is 7.73. The van der Waals surface area contributed by atoms with Crippen molar-refractivity contribution in [2.75, 3.05) is 24.5 Å². The predicted molar refractivity (Wildman–Crippen MR) is 73.9 cm³/mol. The Morgan fingerprint density at radius 3 is 2.75 bits per heavy atom. The zero-order valence-electron chi connectivity index (χ0n) is 11.4. The smallest absolute Gasteiger partial charge is 0.386 e. The summed E-state index contributed by atoms with van der Waals surface area (Å²) in [5.41, 5.74) is 2.15. The second kappa shape index (κ2) is 8.37. The summed E-state index contributed by atoms with van der Waals surface area (Å²) in [6.07, 6.45) is 1.16. The van der Waals surface area contributed by atoms with E-state index in [-0.39, 0.29) is 51.1 Å². The van der Waals surface area contributed by atoms with Gasteiger partial charge < -0.3 is 17.6 Å². The van der Waals surface area contributed by atoms with Crippen molar-refractivity contribution in [2.24, 2.45) is 0 Å². The molecule has 1 aliphatic rings. The molecule has 5 nitrogen and oxygen atoms in total. The van der Waals surface area contributed by atoms with E-state index in [1.54, 1.807) is 4.90 Å². The summed E-state index contributed by atoms with van der Waals surface area (Å²) < 4.78 is 0. The monoisotopic (exact) mass is 349 g/mol. The number of nitrogens with one attached hydrogen (secondary N) is 2. The SMILES string of the molecule is [CH2-]CNC(=O)CCNC(=O)N1CCc2ccccc21.[Y+3]. The number of benzene rings is 1. The molecule has 0 unspecified atom stereocenters. The van der Waals surface area contributed by atoms with Crippen LogP contribution in [0.2, 0.25) is 0 Å². The second-order valence-corrected chi connectivity index (χ2v) is 4.36. The average molecular weight is 349 g/mol. The molecular weight excluding hydrogens is 331 g/mol. The molecule has 1 aromatic rings. The van der Waals surface area contributed by atoms with Gasteiger partial charge in [0.25, 0.3) is 0 Å². The Hall–Kier alpha value is -0.936. The van der Waals surface area contributed by atoms with E-state index in [0.29, 0.717) is 19.6 Å². The molecule has 0 fully saturated rings. The summed E-state index contributed by atoms with van der Waals surface area (Å²) in [5, 5.41) is 5.35. The fourth-order valence-electron chi connectivity index (χ4n) is 2.16. The van der Waals surface area contributed by atoms with Crippen molar-refractivity contribution < 1.29 is 42.3 Å².